The summed E-state index contributed by atoms with van der Waals surface area (Å²) in [5.41, 5.74) is 0. The summed E-state index contributed by atoms with van der Waals surface area (Å²) < 4.78 is 10.0. The van der Waals surface area contributed by atoms with Crippen LogP contribution in [-0.2, 0) is 19.1 Å². The smallest absolute Gasteiger partial charge is 0.307 e. The SMILES string of the molecule is CCC(Cl)CC(=O)OCCCCOC(=O)CC(Cl)CC. The van der Waals surface area contributed by atoms with Crippen molar-refractivity contribution in [2.75, 3.05) is 13.2 Å². The molecule has 0 bridgehead atoms. The average Bonchev–Trinajstić information content (AvgIpc) is 2.42. The highest BCUT2D eigenvalue weighted by Crippen LogP contribution is 2.08. The van der Waals surface area contributed by atoms with Crippen molar-refractivity contribution in [3.05, 3.63) is 0 Å². The van der Waals surface area contributed by atoms with Gasteiger partial charge in [-0.2, -0.15) is 0 Å². The van der Waals surface area contributed by atoms with E-state index in [-0.39, 0.29) is 35.5 Å². The lowest BCUT2D eigenvalue weighted by molar-refractivity contribution is -0.146. The molecule has 0 N–H and O–H groups in total. The minimum atomic E-state index is -0.281. The molecule has 0 aromatic rings. The van der Waals surface area contributed by atoms with Crippen molar-refractivity contribution < 1.29 is 19.1 Å². The van der Waals surface area contributed by atoms with Gasteiger partial charge in [-0.15, -0.1) is 23.2 Å². The van der Waals surface area contributed by atoms with Gasteiger partial charge in [0.15, 0.2) is 0 Å². The first-order valence-electron chi connectivity index (χ1n) is 7.08. The van der Waals surface area contributed by atoms with Crippen LogP contribution >= 0.6 is 23.2 Å². The highest BCUT2D eigenvalue weighted by Gasteiger charge is 2.11. The average molecular weight is 327 g/mol. The Kier molecular flexibility index (Phi) is 12.0. The largest absolute Gasteiger partial charge is 0.466 e. The molecule has 0 aromatic heterocycles. The van der Waals surface area contributed by atoms with Gasteiger partial charge >= 0.3 is 11.9 Å². The Morgan fingerprint density at radius 3 is 1.50 bits per heavy atom. The lowest BCUT2D eigenvalue weighted by Crippen LogP contribution is -2.13. The van der Waals surface area contributed by atoms with Gasteiger partial charge in [0, 0.05) is 10.8 Å². The molecule has 0 saturated carbocycles. The molecule has 2 atom stereocenters. The third-order valence-electron chi connectivity index (χ3n) is 2.73. The summed E-state index contributed by atoms with van der Waals surface area (Å²) in [6.45, 7) is 4.50. The molecule has 20 heavy (non-hydrogen) atoms. The third-order valence-corrected chi connectivity index (χ3v) is 3.65. The maximum atomic E-state index is 11.3. The summed E-state index contributed by atoms with van der Waals surface area (Å²) in [5, 5.41) is -0.323. The van der Waals surface area contributed by atoms with Crippen molar-refractivity contribution in [3.8, 4) is 0 Å². The van der Waals surface area contributed by atoms with Crippen LogP contribution in [0.25, 0.3) is 0 Å². The second-order valence-electron chi connectivity index (χ2n) is 4.57. The summed E-state index contributed by atoms with van der Waals surface area (Å²) in [5.74, 6) is -0.562. The molecule has 0 heterocycles. The fraction of sp³-hybridized carbons (Fsp3) is 0.857. The normalized spacial score (nSPS) is 13.6. The van der Waals surface area contributed by atoms with E-state index in [0.717, 1.165) is 12.8 Å². The molecule has 0 amide bonds. The highest BCUT2D eigenvalue weighted by atomic mass is 35.5. The first-order valence-corrected chi connectivity index (χ1v) is 7.96. The number of halogens is 2. The van der Waals surface area contributed by atoms with E-state index in [1.807, 2.05) is 13.8 Å². The number of hydrogen-bond acceptors (Lipinski definition) is 4. The number of unbranched alkanes of at least 4 members (excludes halogenated alkanes) is 1. The summed E-state index contributed by atoms with van der Waals surface area (Å²) >= 11 is 11.7. The van der Waals surface area contributed by atoms with Gasteiger partial charge in [-0.05, 0) is 25.7 Å². The molecule has 0 radical (unpaired) electrons. The maximum absolute atomic E-state index is 11.3. The fourth-order valence-electron chi connectivity index (χ4n) is 1.34. The predicted octanol–water partition coefficient (Wildman–Crippen LogP) is 3.67. The van der Waals surface area contributed by atoms with E-state index in [4.69, 9.17) is 32.7 Å². The molecule has 2 unspecified atom stereocenters. The quantitative estimate of drug-likeness (QED) is 0.330. The standard InChI is InChI=1S/C14H24Cl2O4/c1-3-11(15)9-13(17)19-7-5-6-8-20-14(18)10-12(16)4-2/h11-12H,3-10H2,1-2H3. The van der Waals surface area contributed by atoms with Gasteiger partial charge in [-0.25, -0.2) is 0 Å². The molecule has 0 saturated heterocycles. The molecule has 0 fully saturated rings. The van der Waals surface area contributed by atoms with Crippen molar-refractivity contribution in [2.24, 2.45) is 0 Å². The zero-order chi connectivity index (χ0) is 15.4. The van der Waals surface area contributed by atoms with E-state index in [1.54, 1.807) is 0 Å². The minimum absolute atomic E-state index is 0.162. The minimum Gasteiger partial charge on any atom is -0.466 e. The van der Waals surface area contributed by atoms with Gasteiger partial charge in [0.2, 0.25) is 0 Å². The molecule has 0 rings (SSSR count). The van der Waals surface area contributed by atoms with Crippen LogP contribution < -0.4 is 0 Å². The molecule has 0 aliphatic heterocycles. The van der Waals surface area contributed by atoms with Crippen LogP contribution in [0.5, 0.6) is 0 Å². The first-order chi connectivity index (χ1) is 9.49. The second kappa shape index (κ2) is 12.3. The van der Waals surface area contributed by atoms with E-state index >= 15 is 0 Å². The second-order valence-corrected chi connectivity index (χ2v) is 5.80. The maximum Gasteiger partial charge on any atom is 0.307 e. The number of hydrogen-bond donors (Lipinski definition) is 0. The van der Waals surface area contributed by atoms with Crippen molar-refractivity contribution >= 4 is 35.1 Å². The third kappa shape index (κ3) is 11.4. The van der Waals surface area contributed by atoms with Crippen LogP contribution in [0.4, 0.5) is 0 Å². The van der Waals surface area contributed by atoms with Gasteiger partial charge < -0.3 is 9.47 Å². The zero-order valence-electron chi connectivity index (χ0n) is 12.2. The monoisotopic (exact) mass is 326 g/mol. The molecular weight excluding hydrogens is 303 g/mol. The molecule has 0 aliphatic rings. The summed E-state index contributed by atoms with van der Waals surface area (Å²) in [6, 6.07) is 0. The van der Waals surface area contributed by atoms with Gasteiger partial charge in [0.1, 0.15) is 0 Å². The summed E-state index contributed by atoms with van der Waals surface area (Å²) in [7, 11) is 0. The Labute approximate surface area is 131 Å². The first kappa shape index (κ1) is 19.5. The Morgan fingerprint density at radius 1 is 0.850 bits per heavy atom. The van der Waals surface area contributed by atoms with Gasteiger partial charge in [0.25, 0.3) is 0 Å². The van der Waals surface area contributed by atoms with Crippen molar-refractivity contribution in [1.82, 2.24) is 0 Å². The van der Waals surface area contributed by atoms with E-state index in [9.17, 15) is 9.59 Å². The topological polar surface area (TPSA) is 52.6 Å². The van der Waals surface area contributed by atoms with Crippen LogP contribution in [-0.4, -0.2) is 35.9 Å². The van der Waals surface area contributed by atoms with E-state index in [0.29, 0.717) is 26.1 Å². The molecular formula is C14H24Cl2O4. The van der Waals surface area contributed by atoms with Crippen LogP contribution in [0.3, 0.4) is 0 Å². The Hall–Kier alpha value is -0.480. The van der Waals surface area contributed by atoms with Crippen LogP contribution in [0.1, 0.15) is 52.4 Å². The van der Waals surface area contributed by atoms with Gasteiger partial charge in [-0.3, -0.25) is 9.59 Å². The number of esters is 2. The molecule has 4 nitrogen and oxygen atoms in total. The molecule has 0 aromatic carbocycles. The molecule has 6 heteroatoms. The predicted molar refractivity (Wildman–Crippen MR) is 80.3 cm³/mol. The van der Waals surface area contributed by atoms with Crippen molar-refractivity contribution in [2.45, 2.75) is 63.1 Å². The number of carbonyl (C=O) groups excluding carboxylic acids is 2. The van der Waals surface area contributed by atoms with Crippen LogP contribution in [0.2, 0.25) is 0 Å². The fourth-order valence-corrected chi connectivity index (χ4v) is 1.60. The number of rotatable bonds is 11. The van der Waals surface area contributed by atoms with Crippen LogP contribution in [0, 0.1) is 0 Å². The van der Waals surface area contributed by atoms with Gasteiger partial charge in [0.05, 0.1) is 26.1 Å². The summed E-state index contributed by atoms with van der Waals surface area (Å²) in [6.07, 6.45) is 3.28. The zero-order valence-corrected chi connectivity index (χ0v) is 13.7. The van der Waals surface area contributed by atoms with Crippen LogP contribution in [0.15, 0.2) is 0 Å². The highest BCUT2D eigenvalue weighted by molar-refractivity contribution is 6.21. The molecule has 0 aliphatic carbocycles. The molecule has 0 spiro atoms. The Balaban J connectivity index is 3.44. The molecule has 118 valence electrons. The number of alkyl halides is 2. The summed E-state index contributed by atoms with van der Waals surface area (Å²) in [4.78, 5) is 22.6. The Morgan fingerprint density at radius 2 is 1.20 bits per heavy atom. The van der Waals surface area contributed by atoms with E-state index in [2.05, 4.69) is 0 Å². The van der Waals surface area contributed by atoms with E-state index in [1.165, 1.54) is 0 Å². The lowest BCUT2D eigenvalue weighted by Gasteiger charge is -2.08. The Bertz CT molecular complexity index is 256. The number of carbonyl (C=O) groups is 2. The van der Waals surface area contributed by atoms with Gasteiger partial charge in [-0.1, -0.05) is 13.8 Å². The lowest BCUT2D eigenvalue weighted by atomic mass is 10.2. The van der Waals surface area contributed by atoms with Crippen molar-refractivity contribution in [1.29, 1.82) is 0 Å². The number of ether oxygens (including phenoxy) is 2. The van der Waals surface area contributed by atoms with E-state index < -0.39 is 0 Å². The van der Waals surface area contributed by atoms with Crippen molar-refractivity contribution in [3.63, 3.8) is 0 Å².